The van der Waals surface area contributed by atoms with Crippen LogP contribution in [0.2, 0.25) is 0 Å². The molecule has 2 aliphatic heterocycles. The van der Waals surface area contributed by atoms with Crippen LogP contribution in [0.15, 0.2) is 29.6 Å². The number of aromatic nitrogens is 2. The molecule has 2 unspecified atom stereocenters. The van der Waals surface area contributed by atoms with E-state index in [2.05, 4.69) is 31.6 Å². The Balaban J connectivity index is 1.15. The third-order valence-corrected chi connectivity index (χ3v) is 8.60. The van der Waals surface area contributed by atoms with E-state index in [0.29, 0.717) is 22.9 Å². The van der Waals surface area contributed by atoms with Gasteiger partial charge in [-0.15, -0.1) is 11.3 Å². The lowest BCUT2D eigenvalue weighted by atomic mass is 10.1. The van der Waals surface area contributed by atoms with Gasteiger partial charge in [-0.1, -0.05) is 12.1 Å². The van der Waals surface area contributed by atoms with E-state index < -0.39 is 6.67 Å². The number of aromatic amines is 1. The van der Waals surface area contributed by atoms with Crippen LogP contribution in [0.1, 0.15) is 47.2 Å². The number of carbonyl (C=O) groups is 1. The number of benzene rings is 1. The number of hydrogen-bond acceptors (Lipinski definition) is 6. The zero-order valence-corrected chi connectivity index (χ0v) is 20.5. The molecule has 4 heterocycles. The predicted molar refractivity (Wildman–Crippen MR) is 132 cm³/mol. The summed E-state index contributed by atoms with van der Waals surface area (Å²) in [6, 6.07) is 7.96. The number of ether oxygens (including phenoxy) is 2. The average Bonchev–Trinajstić information content (AvgIpc) is 3.65. The van der Waals surface area contributed by atoms with Gasteiger partial charge < -0.3 is 19.8 Å². The summed E-state index contributed by atoms with van der Waals surface area (Å²) >= 11 is 1.77. The first-order valence-corrected chi connectivity index (χ1v) is 13.4. The molecule has 9 heteroatoms. The lowest BCUT2D eigenvalue weighted by Crippen LogP contribution is -2.45. The SMILES string of the molecule is O=C(Cc1nc2c(CF)cccc2[nH]1)NC1CN(C2CCOCC2)C[C@@H]1OC1CCc2ccsc21. The fraction of sp³-hybridized carbons (Fsp3) is 0.538. The maximum atomic E-state index is 13.3. The molecule has 1 amide bonds. The third-order valence-electron chi connectivity index (χ3n) is 7.55. The first-order valence-electron chi connectivity index (χ1n) is 12.5. The Kier molecular flexibility index (Phi) is 6.58. The average molecular weight is 499 g/mol. The van der Waals surface area contributed by atoms with Crippen molar-refractivity contribution in [3.05, 3.63) is 51.5 Å². The Labute approximate surface area is 208 Å². The van der Waals surface area contributed by atoms with Gasteiger partial charge >= 0.3 is 0 Å². The first-order chi connectivity index (χ1) is 17.2. The van der Waals surface area contributed by atoms with Crippen molar-refractivity contribution in [2.45, 2.75) is 63.1 Å². The Hall–Kier alpha value is -2.33. The Bertz CT molecular complexity index is 1190. The summed E-state index contributed by atoms with van der Waals surface area (Å²) in [5.41, 5.74) is 3.28. The molecule has 0 saturated carbocycles. The molecule has 3 atom stereocenters. The van der Waals surface area contributed by atoms with Crippen molar-refractivity contribution in [3.63, 3.8) is 0 Å². The minimum atomic E-state index is -0.579. The molecule has 2 aromatic heterocycles. The Morgan fingerprint density at radius 2 is 2.14 bits per heavy atom. The second-order valence-electron chi connectivity index (χ2n) is 9.79. The van der Waals surface area contributed by atoms with E-state index in [4.69, 9.17) is 9.47 Å². The molecule has 2 saturated heterocycles. The van der Waals surface area contributed by atoms with Crippen molar-refractivity contribution in [2.75, 3.05) is 26.3 Å². The molecule has 186 valence electrons. The topological polar surface area (TPSA) is 79.5 Å². The van der Waals surface area contributed by atoms with Gasteiger partial charge in [0.1, 0.15) is 12.5 Å². The number of alkyl halides is 1. The number of fused-ring (bicyclic) bond motifs is 2. The number of amides is 1. The second kappa shape index (κ2) is 9.97. The Morgan fingerprint density at radius 1 is 1.26 bits per heavy atom. The van der Waals surface area contributed by atoms with Crippen molar-refractivity contribution in [2.24, 2.45) is 0 Å². The smallest absolute Gasteiger partial charge is 0.227 e. The zero-order valence-electron chi connectivity index (χ0n) is 19.7. The van der Waals surface area contributed by atoms with E-state index in [9.17, 15) is 9.18 Å². The van der Waals surface area contributed by atoms with Gasteiger partial charge in [0, 0.05) is 42.8 Å². The van der Waals surface area contributed by atoms with E-state index in [-0.39, 0.29) is 30.6 Å². The highest BCUT2D eigenvalue weighted by molar-refractivity contribution is 7.10. The molecule has 7 nitrogen and oxygen atoms in total. The summed E-state index contributed by atoms with van der Waals surface area (Å²) in [7, 11) is 0. The number of rotatable bonds is 7. The van der Waals surface area contributed by atoms with Crippen LogP contribution in [0, 0.1) is 0 Å². The normalized spacial score (nSPS) is 25.3. The molecule has 1 aliphatic carbocycles. The monoisotopic (exact) mass is 498 g/mol. The van der Waals surface area contributed by atoms with Crippen LogP contribution in [0.4, 0.5) is 4.39 Å². The number of hydrogen-bond donors (Lipinski definition) is 2. The van der Waals surface area contributed by atoms with Gasteiger partial charge in [-0.05, 0) is 48.8 Å². The van der Waals surface area contributed by atoms with E-state index in [1.807, 2.05) is 6.07 Å². The van der Waals surface area contributed by atoms with E-state index in [1.165, 1.54) is 10.4 Å². The van der Waals surface area contributed by atoms with Crippen LogP contribution < -0.4 is 5.32 Å². The van der Waals surface area contributed by atoms with Crippen LogP contribution >= 0.6 is 11.3 Å². The quantitative estimate of drug-likeness (QED) is 0.520. The van der Waals surface area contributed by atoms with E-state index in [1.54, 1.807) is 23.5 Å². The molecule has 2 N–H and O–H groups in total. The summed E-state index contributed by atoms with van der Waals surface area (Å²) in [5, 5.41) is 5.39. The summed E-state index contributed by atoms with van der Waals surface area (Å²) in [6.45, 7) is 2.59. The van der Waals surface area contributed by atoms with Gasteiger partial charge in [-0.2, -0.15) is 0 Å². The molecular weight excluding hydrogens is 467 g/mol. The van der Waals surface area contributed by atoms with Gasteiger partial charge in [0.05, 0.1) is 35.7 Å². The number of carbonyl (C=O) groups excluding carboxylic acids is 1. The third kappa shape index (κ3) is 4.74. The molecule has 2 fully saturated rings. The number of likely N-dealkylation sites (tertiary alicyclic amines) is 1. The zero-order chi connectivity index (χ0) is 23.8. The maximum Gasteiger partial charge on any atom is 0.227 e. The lowest BCUT2D eigenvalue weighted by molar-refractivity contribution is -0.122. The van der Waals surface area contributed by atoms with Crippen molar-refractivity contribution in [1.82, 2.24) is 20.2 Å². The van der Waals surface area contributed by atoms with Crippen LogP contribution in [0.25, 0.3) is 11.0 Å². The van der Waals surface area contributed by atoms with E-state index >= 15 is 0 Å². The molecule has 3 aliphatic rings. The van der Waals surface area contributed by atoms with Gasteiger partial charge in [0.15, 0.2) is 0 Å². The Morgan fingerprint density at radius 3 is 3.00 bits per heavy atom. The summed E-state index contributed by atoms with van der Waals surface area (Å²) in [4.78, 5) is 24.6. The first kappa shape index (κ1) is 23.1. The number of nitrogens with one attached hydrogen (secondary N) is 2. The van der Waals surface area contributed by atoms with Crippen molar-refractivity contribution in [1.29, 1.82) is 0 Å². The number of para-hydroxylation sites is 1. The number of halogens is 1. The summed E-state index contributed by atoms with van der Waals surface area (Å²) in [5.74, 6) is 0.454. The number of H-pyrrole nitrogens is 1. The number of aryl methyl sites for hydroxylation is 1. The van der Waals surface area contributed by atoms with Crippen LogP contribution in [-0.2, 0) is 33.8 Å². The summed E-state index contributed by atoms with van der Waals surface area (Å²) in [6.07, 6.45) is 4.27. The van der Waals surface area contributed by atoms with Gasteiger partial charge in [0.2, 0.25) is 5.91 Å². The molecule has 0 radical (unpaired) electrons. The molecule has 0 bridgehead atoms. The molecule has 35 heavy (non-hydrogen) atoms. The minimum absolute atomic E-state index is 0.0614. The highest BCUT2D eigenvalue weighted by Gasteiger charge is 2.40. The number of thiophene rings is 1. The van der Waals surface area contributed by atoms with Crippen molar-refractivity contribution >= 4 is 28.3 Å². The molecule has 3 aromatic rings. The molecule has 6 rings (SSSR count). The van der Waals surface area contributed by atoms with Gasteiger partial charge in [-0.25, -0.2) is 9.37 Å². The number of nitrogens with zero attached hydrogens (tertiary/aromatic N) is 2. The summed E-state index contributed by atoms with van der Waals surface area (Å²) < 4.78 is 25.6. The molecule has 0 spiro atoms. The fourth-order valence-electron chi connectivity index (χ4n) is 5.77. The number of imidazole rings is 1. The maximum absolute atomic E-state index is 13.3. The largest absolute Gasteiger partial charge is 0.381 e. The fourth-order valence-corrected chi connectivity index (χ4v) is 6.79. The van der Waals surface area contributed by atoms with Crippen LogP contribution in [0.3, 0.4) is 0 Å². The second-order valence-corrected chi connectivity index (χ2v) is 10.7. The van der Waals surface area contributed by atoms with E-state index in [0.717, 1.165) is 57.5 Å². The van der Waals surface area contributed by atoms with Gasteiger partial charge in [-0.3, -0.25) is 9.69 Å². The minimum Gasteiger partial charge on any atom is -0.381 e. The van der Waals surface area contributed by atoms with Crippen molar-refractivity contribution in [3.8, 4) is 0 Å². The van der Waals surface area contributed by atoms with Crippen molar-refractivity contribution < 1.29 is 18.7 Å². The highest BCUT2D eigenvalue weighted by Crippen LogP contribution is 2.39. The highest BCUT2D eigenvalue weighted by atomic mass is 32.1. The standard InChI is InChI=1S/C26H31FN4O3S/c27-13-17-2-1-3-19-25(17)30-23(28-19)12-24(32)29-20-14-31(18-6-9-33-10-7-18)15-22(20)34-21-5-4-16-8-11-35-26(16)21/h1-3,8,11,18,20-22H,4-7,9-10,12-15H2,(H,28,30)(H,29,32)/t20?,21?,22-/m0/s1. The van der Waals surface area contributed by atoms with Crippen LogP contribution in [-0.4, -0.2) is 65.3 Å². The predicted octanol–water partition coefficient (Wildman–Crippen LogP) is 3.69. The molecule has 1 aromatic carbocycles. The molecular formula is C26H31FN4O3S. The van der Waals surface area contributed by atoms with Crippen LogP contribution in [0.5, 0.6) is 0 Å². The lowest BCUT2D eigenvalue weighted by Gasteiger charge is -2.31. The van der Waals surface area contributed by atoms with Gasteiger partial charge in [0.25, 0.3) is 0 Å².